The molecular formula is C21H21N7O2. The lowest BCUT2D eigenvalue weighted by atomic mass is 10.1. The lowest BCUT2D eigenvalue weighted by molar-refractivity contribution is 0.0963. The predicted molar refractivity (Wildman–Crippen MR) is 114 cm³/mol. The van der Waals surface area contributed by atoms with E-state index in [1.165, 1.54) is 6.33 Å². The van der Waals surface area contributed by atoms with Crippen LogP contribution < -0.4 is 16.4 Å². The molecule has 4 N–H and O–H groups in total. The average Bonchev–Trinajstić information content (AvgIpc) is 3.23. The van der Waals surface area contributed by atoms with E-state index in [0.717, 1.165) is 27.7 Å². The van der Waals surface area contributed by atoms with Gasteiger partial charge in [-0.25, -0.2) is 14.8 Å². The molecule has 0 fully saturated rings. The first-order valence-electron chi connectivity index (χ1n) is 9.71. The first kappa shape index (κ1) is 18.2. The fraction of sp³-hybridized carbons (Fsp3) is 0.238. The maximum Gasteiger partial charge on any atom is 0.326 e. The van der Waals surface area contributed by atoms with Crippen LogP contribution in [0.25, 0.3) is 33.2 Å². The van der Waals surface area contributed by atoms with Gasteiger partial charge in [-0.3, -0.25) is 9.36 Å². The van der Waals surface area contributed by atoms with Gasteiger partial charge in [0.15, 0.2) is 0 Å². The summed E-state index contributed by atoms with van der Waals surface area (Å²) >= 11 is 0. The highest BCUT2D eigenvalue weighted by Crippen LogP contribution is 2.41. The van der Waals surface area contributed by atoms with Crippen LogP contribution in [0.5, 0.6) is 0 Å². The van der Waals surface area contributed by atoms with Crippen molar-refractivity contribution in [2.45, 2.75) is 26.4 Å². The van der Waals surface area contributed by atoms with E-state index in [-0.39, 0.29) is 18.0 Å². The van der Waals surface area contributed by atoms with Gasteiger partial charge in [-0.2, -0.15) is 0 Å². The molecule has 4 heterocycles. The van der Waals surface area contributed by atoms with Crippen LogP contribution in [0.1, 0.15) is 35.9 Å². The Bertz CT molecular complexity index is 1360. The molecule has 1 aromatic carbocycles. The van der Waals surface area contributed by atoms with E-state index >= 15 is 0 Å². The molecule has 4 aromatic rings. The molecule has 0 spiro atoms. The molecule has 1 aliphatic heterocycles. The second-order valence-electron chi connectivity index (χ2n) is 7.62. The number of nitrogens with zero attached hydrogens (tertiary/aromatic N) is 4. The Morgan fingerprint density at radius 2 is 2.07 bits per heavy atom. The second kappa shape index (κ2) is 6.31. The molecule has 9 nitrogen and oxygen atoms in total. The molecule has 30 heavy (non-hydrogen) atoms. The maximum atomic E-state index is 13.1. The number of benzene rings is 1. The summed E-state index contributed by atoms with van der Waals surface area (Å²) in [5.41, 5.74) is 10.6. The van der Waals surface area contributed by atoms with Gasteiger partial charge in [-0.15, -0.1) is 0 Å². The van der Waals surface area contributed by atoms with Crippen molar-refractivity contribution in [3.63, 3.8) is 0 Å². The third kappa shape index (κ3) is 2.35. The number of aromatic nitrogens is 4. The molecular weight excluding hydrogens is 382 g/mol. The van der Waals surface area contributed by atoms with Gasteiger partial charge in [0.05, 0.1) is 23.1 Å². The Kier molecular flexibility index (Phi) is 3.82. The third-order valence-electron chi connectivity index (χ3n) is 5.59. The molecule has 0 bridgehead atoms. The van der Waals surface area contributed by atoms with Crippen molar-refractivity contribution in [2.24, 2.45) is 0 Å². The van der Waals surface area contributed by atoms with E-state index in [0.29, 0.717) is 29.1 Å². The number of rotatable bonds is 2. The average molecular weight is 403 g/mol. The van der Waals surface area contributed by atoms with Gasteiger partial charge in [0.2, 0.25) is 0 Å². The maximum absolute atomic E-state index is 13.1. The molecule has 0 aliphatic carbocycles. The number of anilines is 1. The number of hydrogen-bond donors (Lipinski definition) is 3. The molecule has 0 radical (unpaired) electrons. The van der Waals surface area contributed by atoms with Crippen LogP contribution in [-0.4, -0.2) is 38.1 Å². The molecule has 152 valence electrons. The minimum Gasteiger partial charge on any atom is -0.383 e. The number of carbonyl (C=O) groups is 2. The zero-order valence-corrected chi connectivity index (χ0v) is 16.9. The smallest absolute Gasteiger partial charge is 0.326 e. The number of nitrogens with one attached hydrogen (secondary N) is 2. The SMILES string of the molecule is CNC(=O)c1ccc2cc3n(c2c1)C(=O)NCc1c-3c2c(N)ncnc2n1C(C)C. The molecule has 3 aromatic heterocycles. The van der Waals surface area contributed by atoms with Crippen LogP contribution in [0.4, 0.5) is 10.6 Å². The largest absolute Gasteiger partial charge is 0.383 e. The molecule has 5 rings (SSSR count). The predicted octanol–water partition coefficient (Wildman–Crippen LogP) is 2.65. The first-order valence-corrected chi connectivity index (χ1v) is 9.71. The van der Waals surface area contributed by atoms with Crippen molar-refractivity contribution < 1.29 is 9.59 Å². The van der Waals surface area contributed by atoms with Crippen LogP contribution in [0, 0.1) is 0 Å². The van der Waals surface area contributed by atoms with E-state index in [4.69, 9.17) is 5.73 Å². The molecule has 2 amide bonds. The Morgan fingerprint density at radius 1 is 1.27 bits per heavy atom. The van der Waals surface area contributed by atoms with Gasteiger partial charge >= 0.3 is 6.03 Å². The Morgan fingerprint density at radius 3 is 2.80 bits per heavy atom. The van der Waals surface area contributed by atoms with E-state index in [1.807, 2.05) is 12.1 Å². The fourth-order valence-electron chi connectivity index (χ4n) is 4.34. The highest BCUT2D eigenvalue weighted by Gasteiger charge is 2.30. The standard InChI is InChI=1S/C21H21N7O2/c1-10(2)27-15-8-24-21(30)28-13-7-12(20(29)23-3)5-4-11(13)6-14(28)16(15)17-18(22)25-9-26-19(17)27/h4-7,9-10H,8H2,1-3H3,(H,23,29)(H,24,30)(H2,22,25,26). The van der Waals surface area contributed by atoms with E-state index < -0.39 is 0 Å². The third-order valence-corrected chi connectivity index (χ3v) is 5.59. The Hall–Kier alpha value is -3.88. The highest BCUT2D eigenvalue weighted by atomic mass is 16.2. The summed E-state index contributed by atoms with van der Waals surface area (Å²) in [7, 11) is 1.58. The van der Waals surface area contributed by atoms with Crippen molar-refractivity contribution >= 4 is 39.7 Å². The molecule has 9 heteroatoms. The van der Waals surface area contributed by atoms with Crippen molar-refractivity contribution in [3.05, 3.63) is 41.9 Å². The number of hydrogen-bond acceptors (Lipinski definition) is 5. The second-order valence-corrected chi connectivity index (χ2v) is 7.62. The fourth-order valence-corrected chi connectivity index (χ4v) is 4.34. The summed E-state index contributed by atoms with van der Waals surface area (Å²) < 4.78 is 3.69. The number of nitrogens with two attached hydrogens (primary N) is 1. The Labute approximate surface area is 171 Å². The number of carbonyl (C=O) groups excluding carboxylic acids is 2. The minimum atomic E-state index is -0.260. The lowest BCUT2D eigenvalue weighted by Crippen LogP contribution is -2.27. The summed E-state index contributed by atoms with van der Waals surface area (Å²) in [6, 6.07) is 7.11. The van der Waals surface area contributed by atoms with Crippen molar-refractivity contribution in [1.29, 1.82) is 0 Å². The molecule has 0 atom stereocenters. The summed E-state index contributed by atoms with van der Waals surface area (Å²) in [6.45, 7) is 4.46. The molecule has 0 unspecified atom stereocenters. The minimum absolute atomic E-state index is 0.109. The summed E-state index contributed by atoms with van der Waals surface area (Å²) in [6.07, 6.45) is 1.46. The zero-order chi connectivity index (χ0) is 21.2. The van der Waals surface area contributed by atoms with Crippen LogP contribution in [0.15, 0.2) is 30.6 Å². The number of fused-ring (bicyclic) bond motifs is 7. The molecule has 0 saturated carbocycles. The van der Waals surface area contributed by atoms with E-state index in [9.17, 15) is 9.59 Å². The summed E-state index contributed by atoms with van der Waals surface area (Å²) in [5.74, 6) is 0.157. The monoisotopic (exact) mass is 403 g/mol. The molecule has 1 aliphatic rings. The van der Waals surface area contributed by atoms with Crippen molar-refractivity contribution in [3.8, 4) is 11.3 Å². The van der Waals surface area contributed by atoms with Crippen LogP contribution in [0.2, 0.25) is 0 Å². The quantitative estimate of drug-likeness (QED) is 0.475. The van der Waals surface area contributed by atoms with Gasteiger partial charge in [0.25, 0.3) is 5.91 Å². The van der Waals surface area contributed by atoms with Gasteiger partial charge in [0, 0.05) is 35.3 Å². The van der Waals surface area contributed by atoms with Crippen molar-refractivity contribution in [2.75, 3.05) is 12.8 Å². The van der Waals surface area contributed by atoms with Gasteiger partial charge in [0.1, 0.15) is 17.8 Å². The van der Waals surface area contributed by atoms with E-state index in [1.54, 1.807) is 23.7 Å². The normalized spacial score (nSPS) is 13.3. The molecule has 0 saturated heterocycles. The van der Waals surface area contributed by atoms with Gasteiger partial charge in [-0.1, -0.05) is 6.07 Å². The summed E-state index contributed by atoms with van der Waals surface area (Å²) in [5, 5.41) is 7.19. The van der Waals surface area contributed by atoms with Gasteiger partial charge < -0.3 is 20.9 Å². The number of nitrogen functional groups attached to an aromatic ring is 1. The Balaban J connectivity index is 1.92. The van der Waals surface area contributed by atoms with Crippen molar-refractivity contribution in [1.82, 2.24) is 29.7 Å². The topological polar surface area (TPSA) is 120 Å². The van der Waals surface area contributed by atoms with Crippen LogP contribution >= 0.6 is 0 Å². The highest BCUT2D eigenvalue weighted by molar-refractivity contribution is 6.09. The summed E-state index contributed by atoms with van der Waals surface area (Å²) in [4.78, 5) is 33.9. The number of amides is 2. The zero-order valence-electron chi connectivity index (χ0n) is 16.9. The van der Waals surface area contributed by atoms with E-state index in [2.05, 4.69) is 39.0 Å². The van der Waals surface area contributed by atoms with Crippen LogP contribution in [-0.2, 0) is 6.54 Å². The van der Waals surface area contributed by atoms with Crippen LogP contribution in [0.3, 0.4) is 0 Å². The van der Waals surface area contributed by atoms with Gasteiger partial charge in [-0.05, 0) is 32.0 Å². The lowest BCUT2D eigenvalue weighted by Gasteiger charge is -2.14. The first-order chi connectivity index (χ1) is 14.4.